The van der Waals surface area contributed by atoms with Crippen LogP contribution in [0.5, 0.6) is 0 Å². The van der Waals surface area contributed by atoms with Gasteiger partial charge in [-0.05, 0) is 191 Å². The summed E-state index contributed by atoms with van der Waals surface area (Å²) in [4.78, 5) is 0. The van der Waals surface area contributed by atoms with Crippen molar-refractivity contribution in [1.82, 2.24) is 13.7 Å². The van der Waals surface area contributed by atoms with Crippen LogP contribution in [0.25, 0.3) is 282 Å². The van der Waals surface area contributed by atoms with E-state index in [1.54, 1.807) is 0 Å². The predicted molar refractivity (Wildman–Crippen MR) is 551 cm³/mol. The topological polar surface area (TPSA) is 41.1 Å². The molecule has 0 saturated carbocycles. The summed E-state index contributed by atoms with van der Waals surface area (Å²) in [5.74, 6) is 0. The Balaban J connectivity index is 0.0000000951. The van der Waals surface area contributed by atoms with Gasteiger partial charge in [-0.1, -0.05) is 273 Å². The van der Waals surface area contributed by atoms with Crippen molar-refractivity contribution in [3.05, 3.63) is 394 Å². The first-order valence-corrected chi connectivity index (χ1v) is 46.5. The first-order valence-electron chi connectivity index (χ1n) is 43.2. The van der Waals surface area contributed by atoms with Crippen molar-refractivity contribution in [2.24, 2.45) is 0 Å². The number of hydrogen-bond acceptors (Lipinski definition) is 6. The molecule has 9 heteroatoms. The molecule has 0 N–H and O–H groups in total. The molecule has 0 atom stereocenters. The standard InChI is InChI=1S/C42H23NOS.C42H23NS2.C34H19NOS/c1-2-11-26-22-36-33(21-25(26)10-1)34-23-27(18-20-35(34)44-36)43-40-28-12-4-3-9-24(28)17-19-32(40)38-29-13-5-6-14-30(29)39-31-15-7-8-16-37(31)45-42(39)41(38)43;1-2-11-26-22-36-34(21-25(26)10-1)29-20-18-27(23-37(29)44-36)43-35-16-8-7-15-32(35)38-30-13-5-6-14-31(30)39-33-19-17-24-9-3-4-12-28(24)41(33)45-42(39)40(38)43;1-2-8-21-16-32-26(15-20(21)7-1)27-17-22(13-14-31(27)36-32)35-29-11-5-3-9-23(29)25-18-28-24-10-4-6-12-33(24)37-34(28)19-30(25)35/h2*1-23H;1-19H. The number of para-hydroxylation sites is 2. The molecule has 588 valence electrons. The van der Waals surface area contributed by atoms with E-state index in [1.807, 2.05) is 45.3 Å². The molecule has 31 aromatic rings. The molecule has 22 aromatic carbocycles. The zero-order valence-corrected chi connectivity index (χ0v) is 71.1. The summed E-state index contributed by atoms with van der Waals surface area (Å²) >= 11 is 7.62. The summed E-state index contributed by atoms with van der Waals surface area (Å²) in [6, 6.07) is 145. The Morgan fingerprint density at radius 3 is 1.20 bits per heavy atom. The van der Waals surface area contributed by atoms with Crippen LogP contribution in [-0.2, 0) is 0 Å². The van der Waals surface area contributed by atoms with E-state index in [9.17, 15) is 0 Å². The number of aromatic nitrogens is 3. The predicted octanol–water partition coefficient (Wildman–Crippen LogP) is 35.7. The van der Waals surface area contributed by atoms with Gasteiger partial charge in [0, 0.05) is 148 Å². The van der Waals surface area contributed by atoms with Crippen LogP contribution in [0, 0.1) is 0 Å². The lowest BCUT2D eigenvalue weighted by Gasteiger charge is -2.11. The number of furan rings is 2. The van der Waals surface area contributed by atoms with Gasteiger partial charge in [-0.3, -0.25) is 0 Å². The number of fused-ring (bicyclic) bond motifs is 42. The molecule has 9 heterocycles. The molecule has 31 rings (SSSR count). The second-order valence-electron chi connectivity index (χ2n) is 33.9. The number of rotatable bonds is 3. The monoisotopic (exact) mass is 1680 g/mol. The summed E-state index contributed by atoms with van der Waals surface area (Å²) in [5, 5.41) is 40.9. The van der Waals surface area contributed by atoms with Crippen LogP contribution in [0.3, 0.4) is 0 Å². The molecule has 0 aliphatic carbocycles. The van der Waals surface area contributed by atoms with Gasteiger partial charge in [0.2, 0.25) is 0 Å². The summed E-state index contributed by atoms with van der Waals surface area (Å²) < 4.78 is 30.9. The number of benzene rings is 22. The van der Waals surface area contributed by atoms with Gasteiger partial charge in [0.1, 0.15) is 22.3 Å². The Morgan fingerprint density at radius 1 is 0.157 bits per heavy atom. The van der Waals surface area contributed by atoms with E-state index < -0.39 is 0 Å². The van der Waals surface area contributed by atoms with Crippen molar-refractivity contribution in [3.63, 3.8) is 0 Å². The van der Waals surface area contributed by atoms with Gasteiger partial charge in [-0.25, -0.2) is 0 Å². The van der Waals surface area contributed by atoms with Crippen LogP contribution in [0.2, 0.25) is 0 Å². The molecule has 127 heavy (non-hydrogen) atoms. The number of thiophene rings is 4. The molecule has 0 bridgehead atoms. The molecule has 0 fully saturated rings. The van der Waals surface area contributed by atoms with Gasteiger partial charge in [0.05, 0.1) is 42.5 Å². The molecule has 0 amide bonds. The SMILES string of the molecule is c1ccc2cc3c(cc2c1)oc1ccc(-n2c4c5ccccc5ccc4c4c5ccccc5c5c6ccccc6sc5c42)cc13.c1ccc2cc3c(cc2c1)oc1ccc(-n2c4ccccc4c4cc5c(cc42)sc2ccccc25)cc13.c1ccc2cc3c(cc2c1)sc1cc(-n2c4ccccc4c4c5ccccc5c5c6ccc7ccccc7c6sc5c42)ccc13. The molecular formula is C118H65N3O2S4. The van der Waals surface area contributed by atoms with Crippen molar-refractivity contribution < 1.29 is 8.83 Å². The van der Waals surface area contributed by atoms with Gasteiger partial charge in [-0.15, -0.1) is 45.3 Å². The minimum atomic E-state index is 0.909. The maximum atomic E-state index is 6.44. The summed E-state index contributed by atoms with van der Waals surface area (Å²) in [7, 11) is 0. The summed E-state index contributed by atoms with van der Waals surface area (Å²) in [5.41, 5.74) is 14.7. The van der Waals surface area contributed by atoms with Crippen LogP contribution in [-0.4, -0.2) is 13.7 Å². The van der Waals surface area contributed by atoms with Crippen LogP contribution < -0.4 is 0 Å². The molecule has 0 spiro atoms. The van der Waals surface area contributed by atoms with E-state index in [2.05, 4.69) is 408 Å². The lowest BCUT2D eigenvalue weighted by Crippen LogP contribution is -1.95. The highest BCUT2D eigenvalue weighted by molar-refractivity contribution is 7.28. The fourth-order valence-corrected chi connectivity index (χ4v) is 26.5. The fraction of sp³-hybridized carbons (Fsp3) is 0. The summed E-state index contributed by atoms with van der Waals surface area (Å²) in [6.07, 6.45) is 0. The third-order valence-corrected chi connectivity index (χ3v) is 31.8. The molecular weight excluding hydrogens is 1620 g/mol. The van der Waals surface area contributed by atoms with Crippen molar-refractivity contribution >= 4 is 311 Å². The molecule has 0 radical (unpaired) electrons. The van der Waals surface area contributed by atoms with E-state index in [4.69, 9.17) is 8.83 Å². The van der Waals surface area contributed by atoms with E-state index in [1.165, 1.54) is 227 Å². The third kappa shape index (κ3) is 10.1. The van der Waals surface area contributed by atoms with Crippen LogP contribution in [0.15, 0.2) is 403 Å². The average Bonchev–Trinajstić information content (AvgIpc) is 1.53. The van der Waals surface area contributed by atoms with Crippen LogP contribution >= 0.6 is 45.3 Å². The van der Waals surface area contributed by atoms with Gasteiger partial charge < -0.3 is 22.5 Å². The Morgan fingerprint density at radius 2 is 0.551 bits per heavy atom. The van der Waals surface area contributed by atoms with E-state index >= 15 is 0 Å². The van der Waals surface area contributed by atoms with Gasteiger partial charge in [-0.2, -0.15) is 0 Å². The third-order valence-electron chi connectivity index (χ3n) is 27.2. The van der Waals surface area contributed by atoms with Gasteiger partial charge in [0.15, 0.2) is 0 Å². The quantitative estimate of drug-likeness (QED) is 0.177. The number of nitrogens with zero attached hydrogens (tertiary/aromatic N) is 3. The van der Waals surface area contributed by atoms with Crippen molar-refractivity contribution in [2.45, 2.75) is 0 Å². The van der Waals surface area contributed by atoms with E-state index in [0.29, 0.717) is 0 Å². The fourth-order valence-electron chi connectivity index (χ4n) is 21.6. The smallest absolute Gasteiger partial charge is 0.136 e. The van der Waals surface area contributed by atoms with E-state index in [-0.39, 0.29) is 0 Å². The van der Waals surface area contributed by atoms with Crippen molar-refractivity contribution in [3.8, 4) is 17.1 Å². The Kier molecular flexibility index (Phi) is 14.6. The van der Waals surface area contributed by atoms with Crippen molar-refractivity contribution in [2.75, 3.05) is 0 Å². The van der Waals surface area contributed by atoms with E-state index in [0.717, 1.165) is 55.3 Å². The maximum Gasteiger partial charge on any atom is 0.136 e. The van der Waals surface area contributed by atoms with Crippen LogP contribution in [0.4, 0.5) is 0 Å². The zero-order valence-electron chi connectivity index (χ0n) is 67.8. The first kappa shape index (κ1) is 70.0. The zero-order chi connectivity index (χ0) is 82.5. The highest BCUT2D eigenvalue weighted by atomic mass is 32.1. The lowest BCUT2D eigenvalue weighted by atomic mass is 9.98. The molecule has 9 aromatic heterocycles. The number of hydrogen-bond donors (Lipinski definition) is 0. The molecule has 0 aliphatic rings. The van der Waals surface area contributed by atoms with Crippen molar-refractivity contribution in [1.29, 1.82) is 0 Å². The van der Waals surface area contributed by atoms with Gasteiger partial charge in [0.25, 0.3) is 0 Å². The molecule has 0 aliphatic heterocycles. The molecule has 5 nitrogen and oxygen atoms in total. The summed E-state index contributed by atoms with van der Waals surface area (Å²) in [6.45, 7) is 0. The lowest BCUT2D eigenvalue weighted by molar-refractivity contribution is 0.669. The second kappa shape index (κ2) is 26.5. The average molecular weight is 1690 g/mol. The maximum absolute atomic E-state index is 6.44. The highest BCUT2D eigenvalue weighted by Gasteiger charge is 2.28. The minimum absolute atomic E-state index is 0.909. The Labute approximate surface area is 738 Å². The molecule has 0 saturated heterocycles. The highest BCUT2D eigenvalue weighted by Crippen LogP contribution is 2.54. The minimum Gasteiger partial charge on any atom is -0.456 e. The largest absolute Gasteiger partial charge is 0.456 e. The first-order chi connectivity index (χ1) is 62.9. The normalized spacial score (nSPS) is 12.4. The Hall–Kier alpha value is -15.5. The van der Waals surface area contributed by atoms with Crippen LogP contribution in [0.1, 0.15) is 0 Å². The Bertz CT molecular complexity index is 10300. The van der Waals surface area contributed by atoms with Gasteiger partial charge >= 0.3 is 0 Å². The molecule has 0 unspecified atom stereocenters. The second-order valence-corrected chi connectivity index (χ2v) is 38.2.